The van der Waals surface area contributed by atoms with Gasteiger partial charge in [-0.2, -0.15) is 0 Å². The van der Waals surface area contributed by atoms with Crippen LogP contribution in [0, 0.1) is 5.92 Å². The van der Waals surface area contributed by atoms with Crippen molar-refractivity contribution in [3.05, 3.63) is 66.0 Å². The first-order valence-corrected chi connectivity index (χ1v) is 8.86. The van der Waals surface area contributed by atoms with E-state index in [4.69, 9.17) is 5.73 Å². The van der Waals surface area contributed by atoms with Crippen LogP contribution in [0.2, 0.25) is 0 Å². The Bertz CT molecular complexity index is 669. The molecule has 5 nitrogen and oxygen atoms in total. The quantitative estimate of drug-likeness (QED) is 0.906. The second kappa shape index (κ2) is 8.23. The molecule has 2 N–H and O–H groups in total. The number of hydrogen-bond donors (Lipinski definition) is 1. The van der Waals surface area contributed by atoms with Gasteiger partial charge in [0.05, 0.1) is 11.6 Å². The summed E-state index contributed by atoms with van der Waals surface area (Å²) in [5.41, 5.74) is 8.39. The lowest BCUT2D eigenvalue weighted by Crippen LogP contribution is -2.50. The van der Waals surface area contributed by atoms with Gasteiger partial charge in [-0.3, -0.25) is 14.7 Å². The molecule has 0 spiro atoms. The lowest BCUT2D eigenvalue weighted by atomic mass is 9.94. The zero-order valence-electron chi connectivity index (χ0n) is 14.7. The van der Waals surface area contributed by atoms with E-state index in [1.165, 1.54) is 0 Å². The predicted molar refractivity (Wildman–Crippen MR) is 98.6 cm³/mol. The molecule has 132 valence electrons. The zero-order valence-corrected chi connectivity index (χ0v) is 14.7. The fraction of sp³-hybridized carbons (Fsp3) is 0.400. The van der Waals surface area contributed by atoms with E-state index >= 15 is 0 Å². The zero-order chi connectivity index (χ0) is 17.6. The minimum Gasteiger partial charge on any atom is -0.340 e. The molecule has 1 aliphatic rings. The molecule has 2 unspecified atom stereocenters. The highest BCUT2D eigenvalue weighted by Gasteiger charge is 2.29. The van der Waals surface area contributed by atoms with Crippen LogP contribution in [0.1, 0.15) is 24.2 Å². The second-order valence-electron chi connectivity index (χ2n) is 6.65. The Morgan fingerprint density at radius 2 is 1.76 bits per heavy atom. The molecule has 1 aliphatic heterocycles. The molecule has 2 aromatic rings. The van der Waals surface area contributed by atoms with E-state index < -0.39 is 0 Å². The lowest BCUT2D eigenvalue weighted by molar-refractivity contribution is -0.137. The predicted octanol–water partition coefficient (Wildman–Crippen LogP) is 2.06. The van der Waals surface area contributed by atoms with Gasteiger partial charge in [0.25, 0.3) is 0 Å². The van der Waals surface area contributed by atoms with E-state index in [1.807, 2.05) is 66.6 Å². The summed E-state index contributed by atoms with van der Waals surface area (Å²) in [6.07, 6.45) is 1.82. The van der Waals surface area contributed by atoms with Crippen molar-refractivity contribution >= 4 is 5.91 Å². The van der Waals surface area contributed by atoms with Crippen molar-refractivity contribution in [2.24, 2.45) is 11.7 Å². The van der Waals surface area contributed by atoms with Gasteiger partial charge >= 0.3 is 0 Å². The van der Waals surface area contributed by atoms with Crippen LogP contribution in [-0.4, -0.2) is 46.9 Å². The van der Waals surface area contributed by atoms with Crippen LogP contribution in [-0.2, 0) is 11.3 Å². The molecule has 2 atom stereocenters. The van der Waals surface area contributed by atoms with Crippen molar-refractivity contribution in [3.63, 3.8) is 0 Å². The number of hydrogen-bond acceptors (Lipinski definition) is 4. The van der Waals surface area contributed by atoms with Crippen LogP contribution in [0.15, 0.2) is 54.7 Å². The molecule has 2 heterocycles. The number of carbonyl (C=O) groups is 1. The number of amides is 1. The molecular formula is C20H26N4O. The first-order valence-electron chi connectivity index (χ1n) is 8.86. The van der Waals surface area contributed by atoms with Gasteiger partial charge in [-0.05, 0) is 17.7 Å². The molecule has 1 fully saturated rings. The van der Waals surface area contributed by atoms with Gasteiger partial charge in [0.15, 0.2) is 0 Å². The summed E-state index contributed by atoms with van der Waals surface area (Å²) < 4.78 is 0. The van der Waals surface area contributed by atoms with Crippen molar-refractivity contribution in [2.75, 3.05) is 26.2 Å². The largest absolute Gasteiger partial charge is 0.340 e. The Balaban J connectivity index is 1.52. The number of nitrogens with two attached hydrogens (primary N) is 1. The van der Waals surface area contributed by atoms with Crippen molar-refractivity contribution in [2.45, 2.75) is 19.5 Å². The summed E-state index contributed by atoms with van der Waals surface area (Å²) in [6, 6.07) is 15.6. The van der Waals surface area contributed by atoms with Crippen LogP contribution in [0.5, 0.6) is 0 Å². The van der Waals surface area contributed by atoms with Gasteiger partial charge in [-0.15, -0.1) is 0 Å². The summed E-state index contributed by atoms with van der Waals surface area (Å²) in [4.78, 5) is 21.5. The van der Waals surface area contributed by atoms with Gasteiger partial charge in [0, 0.05) is 45.0 Å². The summed E-state index contributed by atoms with van der Waals surface area (Å²) in [7, 11) is 0. The first kappa shape index (κ1) is 17.6. The number of piperazine rings is 1. The summed E-state index contributed by atoms with van der Waals surface area (Å²) in [6.45, 7) is 6.00. The molecule has 0 radical (unpaired) electrons. The van der Waals surface area contributed by atoms with Crippen molar-refractivity contribution in [1.82, 2.24) is 14.8 Å². The fourth-order valence-corrected chi connectivity index (χ4v) is 3.25. The third-order valence-corrected chi connectivity index (χ3v) is 4.91. The Hall–Kier alpha value is -2.24. The molecule has 25 heavy (non-hydrogen) atoms. The second-order valence-corrected chi connectivity index (χ2v) is 6.65. The van der Waals surface area contributed by atoms with E-state index in [9.17, 15) is 4.79 Å². The smallest absolute Gasteiger partial charge is 0.227 e. The minimum atomic E-state index is -0.264. The standard InChI is InChI=1S/C20H26N4O/c1-16(19(21)17-7-3-2-4-8-17)20(25)24-13-11-23(12-14-24)15-18-9-5-6-10-22-18/h2-10,16,19H,11-15,21H2,1H3. The van der Waals surface area contributed by atoms with Crippen LogP contribution >= 0.6 is 0 Å². The third kappa shape index (κ3) is 4.44. The SMILES string of the molecule is CC(C(=O)N1CCN(Cc2ccccn2)CC1)C(N)c1ccccc1. The Kier molecular flexibility index (Phi) is 5.79. The van der Waals surface area contributed by atoms with E-state index in [0.717, 1.165) is 44.0 Å². The maximum atomic E-state index is 12.8. The van der Waals surface area contributed by atoms with Crippen LogP contribution in [0.25, 0.3) is 0 Å². The lowest BCUT2D eigenvalue weighted by Gasteiger charge is -2.36. The van der Waals surface area contributed by atoms with Crippen molar-refractivity contribution in [3.8, 4) is 0 Å². The number of benzene rings is 1. The highest BCUT2D eigenvalue weighted by molar-refractivity contribution is 5.79. The molecule has 1 aromatic carbocycles. The minimum absolute atomic E-state index is 0.147. The van der Waals surface area contributed by atoms with Gasteiger partial charge in [0.1, 0.15) is 0 Å². The van der Waals surface area contributed by atoms with Gasteiger partial charge < -0.3 is 10.6 Å². The normalized spacial score (nSPS) is 17.9. The average Bonchev–Trinajstić information content (AvgIpc) is 2.68. The van der Waals surface area contributed by atoms with Gasteiger partial charge in [0.2, 0.25) is 5.91 Å². The van der Waals surface area contributed by atoms with Crippen molar-refractivity contribution < 1.29 is 4.79 Å². The van der Waals surface area contributed by atoms with Gasteiger partial charge in [-0.25, -0.2) is 0 Å². The average molecular weight is 338 g/mol. The molecule has 1 aromatic heterocycles. The van der Waals surface area contributed by atoms with E-state index in [-0.39, 0.29) is 17.9 Å². The highest BCUT2D eigenvalue weighted by Crippen LogP contribution is 2.21. The number of nitrogens with zero attached hydrogens (tertiary/aromatic N) is 3. The molecule has 0 aliphatic carbocycles. The fourth-order valence-electron chi connectivity index (χ4n) is 3.25. The maximum absolute atomic E-state index is 12.8. The number of pyridine rings is 1. The van der Waals surface area contributed by atoms with Gasteiger partial charge in [-0.1, -0.05) is 43.3 Å². The first-order chi connectivity index (χ1) is 12.1. The summed E-state index contributed by atoms with van der Waals surface area (Å²) >= 11 is 0. The van der Waals surface area contributed by atoms with Crippen molar-refractivity contribution in [1.29, 1.82) is 0 Å². The number of carbonyl (C=O) groups excluding carboxylic acids is 1. The van der Waals surface area contributed by atoms with E-state index in [0.29, 0.717) is 0 Å². The molecule has 1 saturated heterocycles. The van der Waals surface area contributed by atoms with E-state index in [1.54, 1.807) is 0 Å². The molecule has 0 bridgehead atoms. The summed E-state index contributed by atoms with van der Waals surface area (Å²) in [5, 5.41) is 0. The topological polar surface area (TPSA) is 62.5 Å². The highest BCUT2D eigenvalue weighted by atomic mass is 16.2. The number of aromatic nitrogens is 1. The molecular weight excluding hydrogens is 312 g/mol. The van der Waals surface area contributed by atoms with Crippen LogP contribution < -0.4 is 5.73 Å². The molecule has 1 amide bonds. The van der Waals surface area contributed by atoms with Crippen LogP contribution in [0.4, 0.5) is 0 Å². The number of rotatable bonds is 5. The molecule has 3 rings (SSSR count). The maximum Gasteiger partial charge on any atom is 0.227 e. The molecule has 5 heteroatoms. The monoisotopic (exact) mass is 338 g/mol. The Morgan fingerprint density at radius 1 is 1.08 bits per heavy atom. The van der Waals surface area contributed by atoms with Crippen LogP contribution in [0.3, 0.4) is 0 Å². The Labute approximate surface area is 149 Å². The summed E-state index contributed by atoms with van der Waals surface area (Å²) in [5.74, 6) is -0.0708. The molecule has 0 saturated carbocycles. The third-order valence-electron chi connectivity index (χ3n) is 4.91. The van der Waals surface area contributed by atoms with E-state index in [2.05, 4.69) is 9.88 Å². The Morgan fingerprint density at radius 3 is 2.40 bits per heavy atom.